The van der Waals surface area contributed by atoms with Crippen LogP contribution in [0.2, 0.25) is 0 Å². The Bertz CT molecular complexity index is 487. The molecule has 0 spiro atoms. The minimum Gasteiger partial charge on any atom is -0.497 e. The number of rotatable bonds is 9. The summed E-state index contributed by atoms with van der Waals surface area (Å²) in [5.41, 5.74) is 0.682. The molecule has 0 saturated carbocycles. The second-order valence-corrected chi connectivity index (χ2v) is 5.23. The number of carboxylic acids is 1. The van der Waals surface area contributed by atoms with E-state index in [9.17, 15) is 9.59 Å². The second kappa shape index (κ2) is 9.04. The molecule has 1 amide bonds. The Morgan fingerprint density at radius 2 is 1.91 bits per heavy atom. The molecule has 0 aromatic heterocycles. The van der Waals surface area contributed by atoms with Crippen molar-refractivity contribution >= 4 is 17.6 Å². The van der Waals surface area contributed by atoms with Crippen LogP contribution < -0.4 is 15.4 Å². The Balaban J connectivity index is 2.47. The van der Waals surface area contributed by atoms with E-state index in [0.29, 0.717) is 12.1 Å². The SMILES string of the molecule is CCCC(NC(C)CC(=O)Nc1ccc(OC)cc1)C(=O)O. The maximum absolute atomic E-state index is 12.0. The van der Waals surface area contributed by atoms with Crippen LogP contribution >= 0.6 is 0 Å². The standard InChI is InChI=1S/C16H24N2O4/c1-4-5-14(16(20)21)17-11(2)10-15(19)18-12-6-8-13(22-3)9-7-12/h6-9,11,14,17H,4-5,10H2,1-3H3,(H,18,19)(H,20,21). The number of nitrogens with one attached hydrogen (secondary N) is 2. The summed E-state index contributed by atoms with van der Waals surface area (Å²) < 4.78 is 5.05. The van der Waals surface area contributed by atoms with Gasteiger partial charge in [0.25, 0.3) is 0 Å². The van der Waals surface area contributed by atoms with E-state index in [1.54, 1.807) is 38.3 Å². The maximum atomic E-state index is 12.0. The topological polar surface area (TPSA) is 87.7 Å². The van der Waals surface area contributed by atoms with E-state index in [0.717, 1.165) is 12.2 Å². The lowest BCUT2D eigenvalue weighted by Gasteiger charge is -2.19. The summed E-state index contributed by atoms with van der Waals surface area (Å²) in [5.74, 6) is -0.327. The molecule has 1 aromatic carbocycles. The Hall–Kier alpha value is -2.08. The molecule has 2 unspecified atom stereocenters. The molecule has 0 aliphatic heterocycles. The minimum atomic E-state index is -0.885. The molecule has 0 saturated heterocycles. The Morgan fingerprint density at radius 3 is 2.41 bits per heavy atom. The number of methoxy groups -OCH3 is 1. The molecule has 2 atom stereocenters. The zero-order chi connectivity index (χ0) is 16.5. The highest BCUT2D eigenvalue weighted by atomic mass is 16.5. The third-order valence-corrected chi connectivity index (χ3v) is 3.23. The van der Waals surface area contributed by atoms with Crippen molar-refractivity contribution in [2.75, 3.05) is 12.4 Å². The Labute approximate surface area is 130 Å². The zero-order valence-electron chi connectivity index (χ0n) is 13.3. The van der Waals surface area contributed by atoms with Crippen LogP contribution in [0, 0.1) is 0 Å². The fraction of sp³-hybridized carbons (Fsp3) is 0.500. The summed E-state index contributed by atoms with van der Waals surface area (Å²) in [5, 5.41) is 14.8. The van der Waals surface area contributed by atoms with Gasteiger partial charge in [-0.2, -0.15) is 0 Å². The number of ether oxygens (including phenoxy) is 1. The summed E-state index contributed by atoms with van der Waals surface area (Å²) in [6.07, 6.45) is 1.52. The Morgan fingerprint density at radius 1 is 1.27 bits per heavy atom. The van der Waals surface area contributed by atoms with Gasteiger partial charge in [0.1, 0.15) is 11.8 Å². The number of hydrogen-bond donors (Lipinski definition) is 3. The van der Waals surface area contributed by atoms with Crippen molar-refractivity contribution in [3.05, 3.63) is 24.3 Å². The first kappa shape index (κ1) is 18.0. The predicted octanol–water partition coefficient (Wildman–Crippen LogP) is 2.26. The summed E-state index contributed by atoms with van der Waals surface area (Å²) >= 11 is 0. The van der Waals surface area contributed by atoms with Crippen molar-refractivity contribution in [1.29, 1.82) is 0 Å². The number of anilines is 1. The van der Waals surface area contributed by atoms with E-state index in [4.69, 9.17) is 9.84 Å². The molecule has 22 heavy (non-hydrogen) atoms. The van der Waals surface area contributed by atoms with E-state index >= 15 is 0 Å². The third kappa shape index (κ3) is 6.13. The van der Waals surface area contributed by atoms with Gasteiger partial charge in [0.15, 0.2) is 0 Å². The van der Waals surface area contributed by atoms with E-state index in [1.165, 1.54) is 0 Å². The van der Waals surface area contributed by atoms with E-state index < -0.39 is 12.0 Å². The largest absolute Gasteiger partial charge is 0.497 e. The molecular weight excluding hydrogens is 284 g/mol. The number of carbonyl (C=O) groups is 2. The minimum absolute atomic E-state index is 0.161. The van der Waals surface area contributed by atoms with Gasteiger partial charge in [-0.05, 0) is 37.6 Å². The number of aliphatic carboxylic acids is 1. The first-order valence-electron chi connectivity index (χ1n) is 7.39. The monoisotopic (exact) mass is 308 g/mol. The summed E-state index contributed by atoms with van der Waals surface area (Å²) in [6, 6.07) is 6.20. The van der Waals surface area contributed by atoms with Gasteiger partial charge in [-0.15, -0.1) is 0 Å². The van der Waals surface area contributed by atoms with E-state index in [2.05, 4.69) is 10.6 Å². The van der Waals surface area contributed by atoms with Crippen LogP contribution in [-0.2, 0) is 9.59 Å². The van der Waals surface area contributed by atoms with Crippen molar-refractivity contribution in [2.45, 2.75) is 45.2 Å². The summed E-state index contributed by atoms with van der Waals surface area (Å²) in [6.45, 7) is 3.73. The van der Waals surface area contributed by atoms with Gasteiger partial charge in [-0.25, -0.2) is 0 Å². The van der Waals surface area contributed by atoms with Gasteiger partial charge < -0.3 is 20.5 Å². The molecule has 122 valence electrons. The van der Waals surface area contributed by atoms with Crippen LogP contribution in [0.3, 0.4) is 0 Å². The first-order chi connectivity index (χ1) is 10.5. The highest BCUT2D eigenvalue weighted by Gasteiger charge is 2.19. The number of hydrogen-bond acceptors (Lipinski definition) is 4. The van der Waals surface area contributed by atoms with Crippen molar-refractivity contribution in [3.63, 3.8) is 0 Å². The smallest absolute Gasteiger partial charge is 0.320 e. The van der Waals surface area contributed by atoms with Crippen LogP contribution in [0.5, 0.6) is 5.75 Å². The van der Waals surface area contributed by atoms with Gasteiger partial charge in [-0.1, -0.05) is 13.3 Å². The van der Waals surface area contributed by atoms with Gasteiger partial charge in [0, 0.05) is 18.2 Å². The molecule has 0 radical (unpaired) electrons. The van der Waals surface area contributed by atoms with Crippen LogP contribution in [0.1, 0.15) is 33.1 Å². The van der Waals surface area contributed by atoms with Crippen LogP contribution in [-0.4, -0.2) is 36.2 Å². The summed E-state index contributed by atoms with van der Waals surface area (Å²) in [7, 11) is 1.58. The predicted molar refractivity (Wildman–Crippen MR) is 85.2 cm³/mol. The number of carboxylic acid groups (broad SMARTS) is 1. The van der Waals surface area contributed by atoms with Crippen molar-refractivity contribution < 1.29 is 19.4 Å². The molecule has 0 heterocycles. The van der Waals surface area contributed by atoms with Crippen molar-refractivity contribution in [1.82, 2.24) is 5.32 Å². The quantitative estimate of drug-likeness (QED) is 0.651. The van der Waals surface area contributed by atoms with Gasteiger partial charge >= 0.3 is 5.97 Å². The molecule has 0 fully saturated rings. The van der Waals surface area contributed by atoms with E-state index in [-0.39, 0.29) is 18.4 Å². The number of carbonyl (C=O) groups excluding carboxylic acids is 1. The van der Waals surface area contributed by atoms with Crippen LogP contribution in [0.4, 0.5) is 5.69 Å². The highest BCUT2D eigenvalue weighted by Crippen LogP contribution is 2.15. The average Bonchev–Trinajstić information content (AvgIpc) is 2.47. The molecule has 1 aromatic rings. The molecule has 0 aliphatic rings. The fourth-order valence-corrected chi connectivity index (χ4v) is 2.13. The second-order valence-electron chi connectivity index (χ2n) is 5.23. The molecule has 0 aliphatic carbocycles. The molecule has 1 rings (SSSR count). The number of amides is 1. The molecule has 3 N–H and O–H groups in total. The zero-order valence-corrected chi connectivity index (χ0v) is 13.3. The van der Waals surface area contributed by atoms with E-state index in [1.807, 2.05) is 6.92 Å². The van der Waals surface area contributed by atoms with Crippen molar-refractivity contribution in [2.24, 2.45) is 0 Å². The lowest BCUT2D eigenvalue weighted by molar-refractivity contribution is -0.140. The number of benzene rings is 1. The normalized spacial score (nSPS) is 13.2. The van der Waals surface area contributed by atoms with Gasteiger partial charge in [0.2, 0.25) is 5.91 Å². The molecule has 0 bridgehead atoms. The van der Waals surface area contributed by atoms with Crippen LogP contribution in [0.15, 0.2) is 24.3 Å². The molecule has 6 heteroatoms. The Kier molecular flexibility index (Phi) is 7.39. The lowest BCUT2D eigenvalue weighted by Crippen LogP contribution is -2.43. The molecule has 6 nitrogen and oxygen atoms in total. The van der Waals surface area contributed by atoms with Gasteiger partial charge in [0.05, 0.1) is 7.11 Å². The van der Waals surface area contributed by atoms with Gasteiger partial charge in [-0.3, -0.25) is 9.59 Å². The average molecular weight is 308 g/mol. The maximum Gasteiger partial charge on any atom is 0.320 e. The fourth-order valence-electron chi connectivity index (χ4n) is 2.13. The van der Waals surface area contributed by atoms with Crippen molar-refractivity contribution in [3.8, 4) is 5.75 Å². The highest BCUT2D eigenvalue weighted by molar-refractivity contribution is 5.91. The lowest BCUT2D eigenvalue weighted by atomic mass is 10.1. The first-order valence-corrected chi connectivity index (χ1v) is 7.39. The third-order valence-electron chi connectivity index (χ3n) is 3.23. The van der Waals surface area contributed by atoms with Crippen LogP contribution in [0.25, 0.3) is 0 Å². The summed E-state index contributed by atoms with van der Waals surface area (Å²) in [4.78, 5) is 23.0. The molecular formula is C16H24N2O4.